The Bertz CT molecular complexity index is 585. The van der Waals surface area contributed by atoms with E-state index in [0.29, 0.717) is 17.8 Å². The number of ketones is 1. The molecule has 2 nitrogen and oxygen atoms in total. The lowest BCUT2D eigenvalue weighted by Gasteiger charge is -2.52. The molecule has 3 saturated carbocycles. The van der Waals surface area contributed by atoms with Gasteiger partial charge in [0, 0.05) is 5.41 Å². The average molecular weight is 300 g/mol. The predicted octanol–water partition coefficient (Wildman–Crippen LogP) is 4.05. The summed E-state index contributed by atoms with van der Waals surface area (Å²) < 4.78 is 0. The van der Waals surface area contributed by atoms with Crippen molar-refractivity contribution in [2.75, 3.05) is 0 Å². The van der Waals surface area contributed by atoms with Gasteiger partial charge in [-0.2, -0.15) is 0 Å². The van der Waals surface area contributed by atoms with Gasteiger partial charge in [0.25, 0.3) is 0 Å². The Labute approximate surface area is 133 Å². The van der Waals surface area contributed by atoms with Crippen LogP contribution in [0.5, 0.6) is 0 Å². The molecule has 0 aromatic rings. The van der Waals surface area contributed by atoms with Crippen molar-refractivity contribution in [2.24, 2.45) is 28.6 Å². The largest absolute Gasteiger partial charge is 0.390 e. The third-order valence-corrected chi connectivity index (χ3v) is 8.19. The molecule has 0 heterocycles. The number of carbonyl (C=O) groups excluding carboxylic acids is 1. The van der Waals surface area contributed by atoms with E-state index < -0.39 is 5.60 Å². The number of hydrogen-bond donors (Lipinski definition) is 1. The second-order valence-electron chi connectivity index (χ2n) is 8.79. The first-order valence-corrected chi connectivity index (χ1v) is 8.95. The fourth-order valence-corrected chi connectivity index (χ4v) is 6.62. The van der Waals surface area contributed by atoms with Crippen LogP contribution in [0.25, 0.3) is 0 Å². The van der Waals surface area contributed by atoms with Crippen molar-refractivity contribution in [3.05, 3.63) is 23.8 Å². The number of allylic oxidation sites excluding steroid dienone is 4. The molecule has 0 aliphatic heterocycles. The van der Waals surface area contributed by atoms with Crippen LogP contribution in [0.4, 0.5) is 0 Å². The summed E-state index contributed by atoms with van der Waals surface area (Å²) in [6.07, 6.45) is 12.8. The quantitative estimate of drug-likeness (QED) is 0.733. The number of fused-ring (bicyclic) bond motifs is 4. The van der Waals surface area contributed by atoms with Gasteiger partial charge in [-0.3, -0.25) is 4.79 Å². The van der Waals surface area contributed by atoms with Crippen molar-refractivity contribution in [2.45, 2.75) is 64.9 Å². The van der Waals surface area contributed by atoms with Gasteiger partial charge < -0.3 is 5.11 Å². The first-order valence-electron chi connectivity index (χ1n) is 8.95. The molecule has 0 radical (unpaired) electrons. The summed E-state index contributed by atoms with van der Waals surface area (Å²) in [5.41, 5.74) is 1.00. The van der Waals surface area contributed by atoms with E-state index in [1.165, 1.54) is 31.3 Å². The van der Waals surface area contributed by atoms with Crippen molar-refractivity contribution >= 4 is 5.78 Å². The van der Waals surface area contributed by atoms with Gasteiger partial charge in [-0.15, -0.1) is 0 Å². The molecule has 0 bridgehead atoms. The molecule has 1 spiro atoms. The second-order valence-corrected chi connectivity index (χ2v) is 8.79. The monoisotopic (exact) mass is 300 g/mol. The van der Waals surface area contributed by atoms with Crippen LogP contribution in [0.3, 0.4) is 0 Å². The lowest BCUT2D eigenvalue weighted by atomic mass is 9.54. The van der Waals surface area contributed by atoms with E-state index in [2.05, 4.69) is 26.8 Å². The van der Waals surface area contributed by atoms with Gasteiger partial charge >= 0.3 is 0 Å². The fourth-order valence-electron chi connectivity index (χ4n) is 6.62. The summed E-state index contributed by atoms with van der Waals surface area (Å²) in [6.45, 7) is 6.54. The molecule has 2 heteroatoms. The Kier molecular flexibility index (Phi) is 2.90. The molecule has 0 aromatic carbocycles. The van der Waals surface area contributed by atoms with Gasteiger partial charge in [0.05, 0.1) is 5.60 Å². The normalized spacial score (nSPS) is 53.5. The second kappa shape index (κ2) is 4.35. The minimum absolute atomic E-state index is 0.0888. The van der Waals surface area contributed by atoms with Gasteiger partial charge in [-0.05, 0) is 87.7 Å². The summed E-state index contributed by atoms with van der Waals surface area (Å²) >= 11 is 0. The third-order valence-electron chi connectivity index (χ3n) is 8.19. The summed E-state index contributed by atoms with van der Waals surface area (Å²) in [5.74, 6) is 2.18. The van der Waals surface area contributed by atoms with E-state index in [1.807, 2.05) is 6.08 Å². The molecule has 0 unspecified atom stereocenters. The molecule has 0 amide bonds. The maximum absolute atomic E-state index is 11.7. The van der Waals surface area contributed by atoms with E-state index in [4.69, 9.17) is 0 Å². The Hall–Kier alpha value is -0.890. The lowest BCUT2D eigenvalue weighted by molar-refractivity contribution is -0.110. The van der Waals surface area contributed by atoms with Crippen molar-refractivity contribution in [3.63, 3.8) is 0 Å². The van der Waals surface area contributed by atoms with Crippen LogP contribution in [0.15, 0.2) is 23.8 Å². The molecule has 4 aliphatic rings. The van der Waals surface area contributed by atoms with Crippen LogP contribution in [0, 0.1) is 28.6 Å². The van der Waals surface area contributed by atoms with Gasteiger partial charge in [-0.25, -0.2) is 0 Å². The highest BCUT2D eigenvalue weighted by Gasteiger charge is 2.63. The minimum Gasteiger partial charge on any atom is -0.390 e. The SMILES string of the molecule is CC1=CC(=O)C=C[C@@]12CC[C@H]1[C@@H]3CC[C@](C)(O)[C@@]3(C)CC[C@@H]12. The number of hydrogen-bond acceptors (Lipinski definition) is 2. The molecule has 1 N–H and O–H groups in total. The zero-order valence-electron chi connectivity index (χ0n) is 14.1. The fraction of sp³-hybridized carbons (Fsp3) is 0.750. The Morgan fingerprint density at radius 3 is 2.55 bits per heavy atom. The summed E-state index contributed by atoms with van der Waals surface area (Å²) in [6, 6.07) is 0. The van der Waals surface area contributed by atoms with Crippen LogP contribution < -0.4 is 0 Å². The Morgan fingerprint density at radius 2 is 1.82 bits per heavy atom. The molecule has 0 aromatic heterocycles. The predicted molar refractivity (Wildman–Crippen MR) is 87.2 cm³/mol. The van der Waals surface area contributed by atoms with Crippen LogP contribution in [-0.2, 0) is 4.79 Å². The smallest absolute Gasteiger partial charge is 0.178 e. The maximum atomic E-state index is 11.7. The molecular weight excluding hydrogens is 272 g/mol. The van der Waals surface area contributed by atoms with E-state index in [9.17, 15) is 9.90 Å². The molecule has 22 heavy (non-hydrogen) atoms. The molecule has 120 valence electrons. The Balaban J connectivity index is 1.70. The van der Waals surface area contributed by atoms with Gasteiger partial charge in [0.15, 0.2) is 5.78 Å². The van der Waals surface area contributed by atoms with Crippen molar-refractivity contribution in [1.29, 1.82) is 0 Å². The third kappa shape index (κ3) is 1.62. The van der Waals surface area contributed by atoms with Crippen molar-refractivity contribution in [1.82, 2.24) is 0 Å². The topological polar surface area (TPSA) is 37.3 Å². The van der Waals surface area contributed by atoms with Crippen LogP contribution >= 0.6 is 0 Å². The first kappa shape index (κ1) is 14.7. The highest BCUT2D eigenvalue weighted by atomic mass is 16.3. The lowest BCUT2D eigenvalue weighted by Crippen LogP contribution is -2.49. The van der Waals surface area contributed by atoms with E-state index in [-0.39, 0.29) is 16.6 Å². The summed E-state index contributed by atoms with van der Waals surface area (Å²) in [7, 11) is 0. The molecule has 3 fully saturated rings. The van der Waals surface area contributed by atoms with Crippen molar-refractivity contribution in [3.8, 4) is 0 Å². The van der Waals surface area contributed by atoms with Crippen LogP contribution in [-0.4, -0.2) is 16.5 Å². The zero-order chi connectivity index (χ0) is 15.8. The average Bonchev–Trinajstić information content (AvgIpc) is 2.92. The zero-order valence-corrected chi connectivity index (χ0v) is 14.1. The molecule has 0 saturated heterocycles. The number of aliphatic hydroxyl groups is 1. The highest BCUT2D eigenvalue weighted by Crippen LogP contribution is 2.68. The van der Waals surface area contributed by atoms with Gasteiger partial charge in [0.1, 0.15) is 0 Å². The standard InChI is InChI=1S/C20H28O2/c1-13-12-14(21)4-10-20(13)11-5-15-16-7-9-19(3,22)18(16,2)8-6-17(15)20/h4,10,12,15-17,22H,5-9,11H2,1-3H3/t15-,16-,17-,18-,19-,20+/m0/s1. The van der Waals surface area contributed by atoms with Crippen molar-refractivity contribution < 1.29 is 9.90 Å². The highest BCUT2D eigenvalue weighted by molar-refractivity contribution is 6.01. The van der Waals surface area contributed by atoms with Crippen LogP contribution in [0.1, 0.15) is 59.3 Å². The molecule has 4 aliphatic carbocycles. The van der Waals surface area contributed by atoms with E-state index in [1.54, 1.807) is 6.08 Å². The van der Waals surface area contributed by atoms with Gasteiger partial charge in [-0.1, -0.05) is 18.6 Å². The maximum Gasteiger partial charge on any atom is 0.178 e. The van der Waals surface area contributed by atoms with Gasteiger partial charge in [0.2, 0.25) is 0 Å². The summed E-state index contributed by atoms with van der Waals surface area (Å²) in [5, 5.41) is 10.9. The molecular formula is C20H28O2. The first-order chi connectivity index (χ1) is 10.3. The summed E-state index contributed by atoms with van der Waals surface area (Å²) in [4.78, 5) is 11.7. The minimum atomic E-state index is -0.498. The number of rotatable bonds is 0. The molecule has 4 rings (SSSR count). The van der Waals surface area contributed by atoms with E-state index in [0.717, 1.165) is 12.8 Å². The van der Waals surface area contributed by atoms with E-state index >= 15 is 0 Å². The molecule has 6 atom stereocenters. The number of carbonyl (C=O) groups is 1. The van der Waals surface area contributed by atoms with Crippen LogP contribution in [0.2, 0.25) is 0 Å². The Morgan fingerprint density at radius 1 is 1.09 bits per heavy atom.